The summed E-state index contributed by atoms with van der Waals surface area (Å²) in [6.45, 7) is 1.91. The molecule has 2 rings (SSSR count). The van der Waals surface area contributed by atoms with Gasteiger partial charge in [-0.1, -0.05) is 12.2 Å². The Labute approximate surface area is 134 Å². The Kier molecular flexibility index (Phi) is 7.08. The summed E-state index contributed by atoms with van der Waals surface area (Å²) >= 11 is 1.54. The number of carbonyl (C=O) groups excluding carboxylic acids is 1. The number of rotatable bonds is 7. The monoisotopic (exact) mass is 324 g/mol. The van der Waals surface area contributed by atoms with E-state index in [9.17, 15) is 9.82 Å². The molecule has 1 aromatic heterocycles. The number of thiophene rings is 1. The van der Waals surface area contributed by atoms with Crippen molar-refractivity contribution in [3.05, 3.63) is 34.0 Å². The molecule has 1 aromatic rings. The zero-order valence-corrected chi connectivity index (χ0v) is 13.2. The average molecular weight is 324 g/mol. The summed E-state index contributed by atoms with van der Waals surface area (Å²) < 4.78 is 10.5. The number of ether oxygens (including phenoxy) is 1. The number of hydrogen-bond acceptors (Lipinski definition) is 6. The molecule has 1 unspecified atom stereocenters. The van der Waals surface area contributed by atoms with Crippen molar-refractivity contribution >= 4 is 24.4 Å². The van der Waals surface area contributed by atoms with Crippen molar-refractivity contribution in [2.24, 2.45) is 5.73 Å². The second-order valence-electron chi connectivity index (χ2n) is 4.99. The summed E-state index contributed by atoms with van der Waals surface area (Å²) in [5.41, 5.74) is 5.37. The summed E-state index contributed by atoms with van der Waals surface area (Å²) in [5.74, 6) is -0.530. The van der Waals surface area contributed by atoms with Gasteiger partial charge in [-0.2, -0.15) is 0 Å². The maximum atomic E-state index is 12.1. The lowest BCUT2D eigenvalue weighted by Gasteiger charge is -2.17. The fraction of sp³-hybridized carbons (Fsp3) is 0.500. The summed E-state index contributed by atoms with van der Waals surface area (Å²) in [6, 6.07) is 3.88. The zero-order valence-electron chi connectivity index (χ0n) is 12.4. The molecule has 0 bridgehead atoms. The third-order valence-electron chi connectivity index (χ3n) is 3.17. The van der Waals surface area contributed by atoms with Crippen molar-refractivity contribution in [3.8, 4) is 0 Å². The topological polar surface area (TPSA) is 93.8 Å². The first-order valence-electron chi connectivity index (χ1n) is 7.28. The van der Waals surface area contributed by atoms with E-state index >= 15 is 0 Å². The summed E-state index contributed by atoms with van der Waals surface area (Å²) in [5, 5.41) is 12.6. The highest BCUT2D eigenvalue weighted by atomic mass is 32.1. The molecular weight excluding hydrogens is 303 g/mol. The van der Waals surface area contributed by atoms with E-state index in [1.807, 2.05) is 24.3 Å². The molecule has 120 valence electrons. The predicted molar refractivity (Wildman–Crippen MR) is 86.3 cm³/mol. The number of carbonyl (C=O) groups is 1. The number of hydrogen-bond donors (Lipinski definition) is 3. The summed E-state index contributed by atoms with van der Waals surface area (Å²) in [7, 11) is -0.970. The van der Waals surface area contributed by atoms with Gasteiger partial charge in [0.1, 0.15) is 0 Å². The molecule has 0 fully saturated rings. The van der Waals surface area contributed by atoms with Crippen LogP contribution in [0.3, 0.4) is 0 Å². The van der Waals surface area contributed by atoms with Crippen LogP contribution in [-0.2, 0) is 27.2 Å². The Hall–Kier alpha value is -1.19. The van der Waals surface area contributed by atoms with Gasteiger partial charge >= 0.3 is 7.12 Å². The quantitative estimate of drug-likeness (QED) is 0.380. The average Bonchev–Trinajstić information content (AvgIpc) is 2.83. The highest BCUT2D eigenvalue weighted by Crippen LogP contribution is 2.18. The molecule has 22 heavy (non-hydrogen) atoms. The molecule has 6 nitrogen and oxygen atoms in total. The van der Waals surface area contributed by atoms with Gasteiger partial charge in [0.05, 0.1) is 25.6 Å². The Morgan fingerprint density at radius 3 is 3.14 bits per heavy atom. The van der Waals surface area contributed by atoms with Crippen molar-refractivity contribution < 1.29 is 19.2 Å². The van der Waals surface area contributed by atoms with E-state index in [1.165, 1.54) is 0 Å². The largest absolute Gasteiger partial charge is 0.478 e. The van der Waals surface area contributed by atoms with Crippen molar-refractivity contribution in [2.45, 2.75) is 25.4 Å². The van der Waals surface area contributed by atoms with Crippen molar-refractivity contribution in [1.82, 2.24) is 5.32 Å². The van der Waals surface area contributed by atoms with E-state index in [-0.39, 0.29) is 12.3 Å². The van der Waals surface area contributed by atoms with Crippen LogP contribution >= 0.6 is 11.3 Å². The fourth-order valence-corrected chi connectivity index (χ4v) is 3.05. The molecule has 1 aliphatic heterocycles. The van der Waals surface area contributed by atoms with Crippen molar-refractivity contribution in [2.75, 3.05) is 19.8 Å². The van der Waals surface area contributed by atoms with Gasteiger partial charge in [-0.25, -0.2) is 0 Å². The minimum absolute atomic E-state index is 0.126. The normalized spacial score (nSPS) is 18.3. The Bertz CT molecular complexity index is 509. The molecule has 0 aliphatic carbocycles. The third kappa shape index (κ3) is 5.55. The zero-order chi connectivity index (χ0) is 15.8. The SMILES string of the molecule is NCCOCc1ccc(CC(=O)NC2CC=CCOB2O)s1. The van der Waals surface area contributed by atoms with Crippen LogP contribution in [0.25, 0.3) is 0 Å². The fourth-order valence-electron chi connectivity index (χ4n) is 2.09. The van der Waals surface area contributed by atoms with E-state index in [1.54, 1.807) is 11.3 Å². The molecule has 1 amide bonds. The van der Waals surface area contributed by atoms with Crippen LogP contribution < -0.4 is 11.1 Å². The molecule has 8 heteroatoms. The Morgan fingerprint density at radius 2 is 2.32 bits per heavy atom. The number of nitrogens with one attached hydrogen (secondary N) is 1. The van der Waals surface area contributed by atoms with Gasteiger partial charge in [0.15, 0.2) is 0 Å². The van der Waals surface area contributed by atoms with E-state index in [4.69, 9.17) is 15.1 Å². The highest BCUT2D eigenvalue weighted by Gasteiger charge is 2.28. The standard InChI is InChI=1S/C14H21BN2O4S/c16-6-8-20-10-12-5-4-11(22-12)9-14(18)17-13-3-1-2-7-21-15(13)19/h1-2,4-5,13,19H,3,6-10,16H2,(H,17,18). The Balaban J connectivity index is 1.80. The van der Waals surface area contributed by atoms with E-state index < -0.39 is 13.1 Å². The van der Waals surface area contributed by atoms with Gasteiger partial charge in [-0.05, 0) is 18.6 Å². The molecule has 0 saturated carbocycles. The van der Waals surface area contributed by atoms with Crippen molar-refractivity contribution in [3.63, 3.8) is 0 Å². The molecule has 0 aromatic carbocycles. The first-order chi connectivity index (χ1) is 10.7. The first kappa shape index (κ1) is 17.2. The highest BCUT2D eigenvalue weighted by molar-refractivity contribution is 7.12. The molecule has 0 spiro atoms. The summed E-state index contributed by atoms with van der Waals surface area (Å²) in [4.78, 5) is 14.1. The van der Waals surface area contributed by atoms with Crippen LogP contribution in [0.15, 0.2) is 24.3 Å². The van der Waals surface area contributed by atoms with Gasteiger partial charge in [0.25, 0.3) is 0 Å². The minimum atomic E-state index is -0.970. The maximum Gasteiger partial charge on any atom is 0.478 e. The molecular formula is C14H21BN2O4S. The van der Waals surface area contributed by atoms with Crippen LogP contribution in [-0.4, -0.2) is 43.7 Å². The molecule has 4 N–H and O–H groups in total. The third-order valence-corrected chi connectivity index (χ3v) is 4.23. The van der Waals surface area contributed by atoms with E-state index in [0.29, 0.717) is 32.8 Å². The van der Waals surface area contributed by atoms with E-state index in [2.05, 4.69) is 5.32 Å². The van der Waals surface area contributed by atoms with Crippen LogP contribution in [0, 0.1) is 0 Å². The van der Waals surface area contributed by atoms with Crippen molar-refractivity contribution in [1.29, 1.82) is 0 Å². The Morgan fingerprint density at radius 1 is 1.50 bits per heavy atom. The van der Waals surface area contributed by atoms with Gasteiger partial charge in [0.2, 0.25) is 5.91 Å². The second-order valence-corrected chi connectivity index (χ2v) is 6.24. The second kappa shape index (κ2) is 9.07. The lowest BCUT2D eigenvalue weighted by Crippen LogP contribution is -2.47. The van der Waals surface area contributed by atoms with Gasteiger partial charge < -0.3 is 25.5 Å². The maximum absolute atomic E-state index is 12.1. The van der Waals surface area contributed by atoms with Gasteiger partial charge in [-0.15, -0.1) is 11.3 Å². The molecule has 1 aliphatic rings. The predicted octanol–water partition coefficient (Wildman–Crippen LogP) is 0.247. The molecule has 1 atom stereocenters. The first-order valence-corrected chi connectivity index (χ1v) is 8.10. The minimum Gasteiger partial charge on any atom is -0.426 e. The smallest absolute Gasteiger partial charge is 0.426 e. The molecule has 2 heterocycles. The van der Waals surface area contributed by atoms with Crippen LogP contribution in [0.4, 0.5) is 0 Å². The number of nitrogens with two attached hydrogens (primary N) is 1. The van der Waals surface area contributed by atoms with Crippen LogP contribution in [0.1, 0.15) is 16.2 Å². The lowest BCUT2D eigenvalue weighted by atomic mass is 9.77. The lowest BCUT2D eigenvalue weighted by molar-refractivity contribution is -0.120. The summed E-state index contributed by atoms with van der Waals surface area (Å²) in [6.07, 6.45) is 4.59. The van der Waals surface area contributed by atoms with Gasteiger partial charge in [0, 0.05) is 22.9 Å². The van der Waals surface area contributed by atoms with Crippen LogP contribution in [0.2, 0.25) is 0 Å². The number of amides is 1. The molecule has 0 saturated heterocycles. The molecule has 0 radical (unpaired) electrons. The van der Waals surface area contributed by atoms with E-state index in [0.717, 1.165) is 9.75 Å². The van der Waals surface area contributed by atoms with Crippen LogP contribution in [0.5, 0.6) is 0 Å². The van der Waals surface area contributed by atoms with Gasteiger partial charge in [-0.3, -0.25) is 4.79 Å².